The van der Waals surface area contributed by atoms with Gasteiger partial charge in [0.25, 0.3) is 0 Å². The lowest BCUT2D eigenvalue weighted by Crippen LogP contribution is -2.25. The van der Waals surface area contributed by atoms with E-state index in [-0.39, 0.29) is 9.79 Å². The second-order valence-corrected chi connectivity index (χ2v) is 11.7. The first-order chi connectivity index (χ1) is 14.5. The molecule has 0 aliphatic rings. The Morgan fingerprint density at radius 1 is 0.645 bits per heavy atom. The van der Waals surface area contributed by atoms with Crippen molar-refractivity contribution >= 4 is 20.0 Å². The Balaban J connectivity index is 1.99. The molecule has 9 heteroatoms. The predicted molar refractivity (Wildman–Crippen MR) is 122 cm³/mol. The highest BCUT2D eigenvalue weighted by Gasteiger charge is 2.15. The minimum absolute atomic E-state index is 0.164. The van der Waals surface area contributed by atoms with Crippen molar-refractivity contribution in [3.8, 4) is 11.5 Å². The number of hydrogen-bond acceptors (Lipinski definition) is 5. The zero-order valence-electron chi connectivity index (χ0n) is 18.5. The third-order valence-electron chi connectivity index (χ3n) is 4.53. The van der Waals surface area contributed by atoms with E-state index in [1.54, 1.807) is 24.3 Å². The second kappa shape index (κ2) is 11.1. The first kappa shape index (κ1) is 25.3. The number of ether oxygens (including phenoxy) is 1. The Bertz CT molecular complexity index is 945. The molecule has 2 rings (SSSR count). The number of hydrogen-bond donors (Lipinski definition) is 2. The molecule has 0 aliphatic carbocycles. The Labute approximate surface area is 186 Å². The van der Waals surface area contributed by atoms with Crippen LogP contribution in [0.1, 0.15) is 40.5 Å². The van der Waals surface area contributed by atoms with Gasteiger partial charge in [0.1, 0.15) is 11.5 Å². The van der Waals surface area contributed by atoms with E-state index in [1.807, 2.05) is 27.7 Å². The summed E-state index contributed by atoms with van der Waals surface area (Å²) < 4.78 is 60.1. The average molecular weight is 469 g/mol. The highest BCUT2D eigenvalue weighted by molar-refractivity contribution is 7.89. The summed E-state index contributed by atoms with van der Waals surface area (Å²) in [6.45, 7) is 8.91. The summed E-state index contributed by atoms with van der Waals surface area (Å²) >= 11 is 0. The van der Waals surface area contributed by atoms with Crippen LogP contribution in [0, 0.1) is 11.8 Å². The molecule has 7 nitrogen and oxygen atoms in total. The van der Waals surface area contributed by atoms with Crippen molar-refractivity contribution in [2.75, 3.05) is 13.1 Å². The molecule has 2 N–H and O–H groups in total. The van der Waals surface area contributed by atoms with E-state index >= 15 is 0 Å². The van der Waals surface area contributed by atoms with Gasteiger partial charge in [-0.15, -0.1) is 0 Å². The van der Waals surface area contributed by atoms with E-state index < -0.39 is 20.0 Å². The van der Waals surface area contributed by atoms with Crippen LogP contribution in [0.5, 0.6) is 11.5 Å². The molecule has 0 bridgehead atoms. The maximum atomic E-state index is 12.3. The number of benzene rings is 2. The van der Waals surface area contributed by atoms with E-state index in [1.165, 1.54) is 24.3 Å². The lowest BCUT2D eigenvalue weighted by molar-refractivity contribution is 0.481. The highest BCUT2D eigenvalue weighted by Crippen LogP contribution is 2.24. The zero-order valence-corrected chi connectivity index (χ0v) is 20.1. The molecule has 0 fully saturated rings. The van der Waals surface area contributed by atoms with Gasteiger partial charge in [-0.2, -0.15) is 0 Å². The topological polar surface area (TPSA) is 102 Å². The molecule has 0 amide bonds. The number of nitrogens with one attached hydrogen (secondary N) is 2. The van der Waals surface area contributed by atoms with E-state index in [9.17, 15) is 16.8 Å². The molecule has 0 heterocycles. The highest BCUT2D eigenvalue weighted by atomic mass is 32.2. The Hall–Kier alpha value is -1.94. The fourth-order valence-corrected chi connectivity index (χ4v) is 4.74. The Morgan fingerprint density at radius 2 is 0.968 bits per heavy atom. The molecule has 0 saturated carbocycles. The van der Waals surface area contributed by atoms with Crippen LogP contribution in [-0.4, -0.2) is 29.9 Å². The van der Waals surface area contributed by atoms with Crippen molar-refractivity contribution in [1.29, 1.82) is 0 Å². The summed E-state index contributed by atoms with van der Waals surface area (Å²) in [4.78, 5) is 0.329. The van der Waals surface area contributed by atoms with Gasteiger partial charge < -0.3 is 4.74 Å². The average Bonchev–Trinajstić information content (AvgIpc) is 2.68. The molecular formula is C22H32N2O5S2. The lowest BCUT2D eigenvalue weighted by Gasteiger charge is -2.11. The smallest absolute Gasteiger partial charge is 0.240 e. The van der Waals surface area contributed by atoms with Crippen LogP contribution in [0.25, 0.3) is 0 Å². The standard InChI is InChI=1S/C22H32N2O5S2/c1-17(2)13-15-23-30(25,26)21-9-5-19(6-10-21)29-20-7-11-22(12-8-20)31(27,28)24-16-14-18(3)4/h5-12,17-18,23-24H,13-16H2,1-4H3. The molecule has 0 atom stereocenters. The normalized spacial score (nSPS) is 12.5. The van der Waals surface area contributed by atoms with Gasteiger partial charge >= 0.3 is 0 Å². The van der Waals surface area contributed by atoms with E-state index in [0.29, 0.717) is 36.4 Å². The molecular weight excluding hydrogens is 436 g/mol. The van der Waals surface area contributed by atoms with Crippen molar-refractivity contribution in [3.63, 3.8) is 0 Å². The summed E-state index contributed by atoms with van der Waals surface area (Å²) in [5, 5.41) is 0. The largest absolute Gasteiger partial charge is 0.457 e. The second-order valence-electron chi connectivity index (χ2n) is 8.21. The Morgan fingerprint density at radius 3 is 1.26 bits per heavy atom. The van der Waals surface area contributed by atoms with Gasteiger partial charge in [-0.25, -0.2) is 26.3 Å². The van der Waals surface area contributed by atoms with Crippen molar-refractivity contribution in [2.24, 2.45) is 11.8 Å². The maximum Gasteiger partial charge on any atom is 0.240 e. The molecule has 31 heavy (non-hydrogen) atoms. The van der Waals surface area contributed by atoms with Crippen molar-refractivity contribution in [2.45, 2.75) is 50.3 Å². The molecule has 172 valence electrons. The van der Waals surface area contributed by atoms with Crippen LogP contribution < -0.4 is 14.2 Å². The minimum Gasteiger partial charge on any atom is -0.457 e. The fourth-order valence-electron chi connectivity index (χ4n) is 2.64. The summed E-state index contributed by atoms with van der Waals surface area (Å²) in [6.07, 6.45) is 1.53. The van der Waals surface area contributed by atoms with E-state index in [4.69, 9.17) is 4.74 Å². The van der Waals surface area contributed by atoms with Crippen LogP contribution in [0.2, 0.25) is 0 Å². The van der Waals surface area contributed by atoms with Gasteiger partial charge in [0.15, 0.2) is 0 Å². The van der Waals surface area contributed by atoms with Gasteiger partial charge in [-0.1, -0.05) is 27.7 Å². The SMILES string of the molecule is CC(C)CCNS(=O)(=O)c1ccc(Oc2ccc(S(=O)(=O)NCCC(C)C)cc2)cc1. The first-order valence-electron chi connectivity index (χ1n) is 10.4. The fraction of sp³-hybridized carbons (Fsp3) is 0.455. The predicted octanol–water partition coefficient (Wildman–Crippen LogP) is 4.13. The van der Waals surface area contributed by atoms with Gasteiger partial charge in [0.2, 0.25) is 20.0 Å². The summed E-state index contributed by atoms with van der Waals surface area (Å²) in [7, 11) is -7.12. The van der Waals surface area contributed by atoms with Crippen molar-refractivity contribution < 1.29 is 21.6 Å². The maximum absolute atomic E-state index is 12.3. The van der Waals surface area contributed by atoms with Crippen LogP contribution >= 0.6 is 0 Å². The molecule has 0 aromatic heterocycles. The molecule has 0 spiro atoms. The van der Waals surface area contributed by atoms with E-state index in [0.717, 1.165) is 12.8 Å². The van der Waals surface area contributed by atoms with Crippen LogP contribution in [0.3, 0.4) is 0 Å². The number of sulfonamides is 2. The van der Waals surface area contributed by atoms with Crippen LogP contribution in [-0.2, 0) is 20.0 Å². The van der Waals surface area contributed by atoms with Crippen LogP contribution in [0.4, 0.5) is 0 Å². The first-order valence-corrected chi connectivity index (χ1v) is 13.3. The third-order valence-corrected chi connectivity index (χ3v) is 7.49. The molecule has 0 unspecified atom stereocenters. The molecule has 2 aromatic carbocycles. The summed E-state index contributed by atoms with van der Waals surface area (Å²) in [5.74, 6) is 1.73. The lowest BCUT2D eigenvalue weighted by atomic mass is 10.1. The third kappa shape index (κ3) is 8.25. The van der Waals surface area contributed by atoms with Gasteiger partial charge in [0, 0.05) is 13.1 Å². The molecule has 2 aromatic rings. The monoisotopic (exact) mass is 468 g/mol. The van der Waals surface area contributed by atoms with Gasteiger partial charge in [-0.3, -0.25) is 0 Å². The summed E-state index contributed by atoms with van der Waals surface area (Å²) in [6, 6.07) is 12.2. The quantitative estimate of drug-likeness (QED) is 0.488. The molecule has 0 aliphatic heterocycles. The van der Waals surface area contributed by atoms with Gasteiger partial charge in [-0.05, 0) is 73.2 Å². The van der Waals surface area contributed by atoms with Crippen LogP contribution in [0.15, 0.2) is 58.3 Å². The van der Waals surface area contributed by atoms with Crippen molar-refractivity contribution in [3.05, 3.63) is 48.5 Å². The van der Waals surface area contributed by atoms with Crippen molar-refractivity contribution in [1.82, 2.24) is 9.44 Å². The Kier molecular flexibility index (Phi) is 9.05. The van der Waals surface area contributed by atoms with E-state index in [2.05, 4.69) is 9.44 Å². The molecule has 0 saturated heterocycles. The zero-order chi connectivity index (χ0) is 23.1. The number of rotatable bonds is 12. The summed E-state index contributed by atoms with van der Waals surface area (Å²) in [5.41, 5.74) is 0. The minimum atomic E-state index is -3.56. The van der Waals surface area contributed by atoms with Gasteiger partial charge in [0.05, 0.1) is 9.79 Å². The molecule has 0 radical (unpaired) electrons.